The summed E-state index contributed by atoms with van der Waals surface area (Å²) in [5.74, 6) is -3.25. The highest BCUT2D eigenvalue weighted by molar-refractivity contribution is 7.19. The minimum absolute atomic E-state index is 0.0888. The van der Waals surface area contributed by atoms with Crippen LogP contribution in [0.5, 0.6) is 0 Å². The van der Waals surface area contributed by atoms with Crippen LogP contribution < -0.4 is 0 Å². The van der Waals surface area contributed by atoms with Crippen LogP contribution in [-0.2, 0) is 0 Å². The largest absolute Gasteiger partial charge is 0.234 e. The van der Waals surface area contributed by atoms with E-state index in [-0.39, 0.29) is 16.5 Å². The first kappa shape index (κ1) is 13.0. The van der Waals surface area contributed by atoms with E-state index in [0.717, 1.165) is 23.5 Å². The van der Waals surface area contributed by atoms with Gasteiger partial charge in [-0.25, -0.2) is 13.2 Å². The molecule has 0 radical (unpaired) electrons. The molecule has 3 rings (SSSR count). The minimum atomic E-state index is -1.50. The molecule has 0 atom stereocenters. The second-order valence-corrected chi connectivity index (χ2v) is 5.49. The smallest absolute Gasteiger partial charge is 0.204 e. The fourth-order valence-corrected chi connectivity index (χ4v) is 2.66. The van der Waals surface area contributed by atoms with Crippen molar-refractivity contribution in [2.75, 3.05) is 0 Å². The predicted octanol–water partition coefficient (Wildman–Crippen LogP) is 3.39. The lowest BCUT2D eigenvalue weighted by molar-refractivity contribution is 0.449. The molecule has 1 aromatic carbocycles. The van der Waals surface area contributed by atoms with Gasteiger partial charge in [0.05, 0.1) is 5.56 Å². The maximum atomic E-state index is 13.7. The van der Waals surface area contributed by atoms with Crippen LogP contribution in [0.25, 0.3) is 15.5 Å². The van der Waals surface area contributed by atoms with Crippen molar-refractivity contribution in [3.8, 4) is 10.6 Å². The highest BCUT2D eigenvalue weighted by Gasteiger charge is 2.20. The quantitative estimate of drug-likeness (QED) is 0.681. The molecule has 0 N–H and O–H groups in total. The van der Waals surface area contributed by atoms with E-state index in [9.17, 15) is 13.2 Å². The molecule has 3 aromatic rings. The Morgan fingerprint density at radius 3 is 2.55 bits per heavy atom. The zero-order chi connectivity index (χ0) is 14.4. The molecule has 2 heterocycles. The number of nitrogens with zero attached hydrogens (tertiary/aromatic N) is 4. The lowest BCUT2D eigenvalue weighted by atomic mass is 10.2. The Labute approximate surface area is 115 Å². The molecule has 8 heteroatoms. The Balaban J connectivity index is 2.18. The average molecular weight is 298 g/mol. The van der Waals surface area contributed by atoms with E-state index in [2.05, 4.69) is 15.3 Å². The van der Waals surface area contributed by atoms with Crippen LogP contribution in [0, 0.1) is 17.5 Å². The Morgan fingerprint density at radius 1 is 1.10 bits per heavy atom. The monoisotopic (exact) mass is 298 g/mol. The van der Waals surface area contributed by atoms with Gasteiger partial charge in [-0.2, -0.15) is 9.61 Å². The number of halogens is 3. The summed E-state index contributed by atoms with van der Waals surface area (Å²) in [7, 11) is 0. The van der Waals surface area contributed by atoms with Crippen LogP contribution in [0.1, 0.15) is 25.6 Å². The van der Waals surface area contributed by atoms with Crippen molar-refractivity contribution < 1.29 is 13.2 Å². The topological polar surface area (TPSA) is 43.1 Å². The molecule has 104 valence electrons. The van der Waals surface area contributed by atoms with Crippen molar-refractivity contribution in [3.05, 3.63) is 35.4 Å². The molecule has 0 saturated heterocycles. The average Bonchev–Trinajstić information content (AvgIpc) is 2.95. The van der Waals surface area contributed by atoms with Gasteiger partial charge in [-0.15, -0.1) is 10.2 Å². The second-order valence-electron chi connectivity index (χ2n) is 4.54. The van der Waals surface area contributed by atoms with Crippen molar-refractivity contribution in [3.63, 3.8) is 0 Å². The van der Waals surface area contributed by atoms with Gasteiger partial charge in [0, 0.05) is 5.92 Å². The molecule has 2 aromatic heterocycles. The SMILES string of the molecule is CC(C)c1nnc2sc(-c3ccc(F)c(F)c3F)nn12. The Bertz CT molecular complexity index is 793. The summed E-state index contributed by atoms with van der Waals surface area (Å²) >= 11 is 1.07. The number of aromatic nitrogens is 4. The summed E-state index contributed by atoms with van der Waals surface area (Å²) in [5, 5.41) is 12.3. The van der Waals surface area contributed by atoms with Crippen molar-refractivity contribution in [1.29, 1.82) is 0 Å². The fraction of sp³-hybridized carbons (Fsp3) is 0.250. The van der Waals surface area contributed by atoms with Crippen LogP contribution in [0.4, 0.5) is 13.2 Å². The van der Waals surface area contributed by atoms with Gasteiger partial charge in [0.25, 0.3) is 0 Å². The molecular formula is C12H9F3N4S. The summed E-state index contributed by atoms with van der Waals surface area (Å²) in [5.41, 5.74) is -0.0888. The Morgan fingerprint density at radius 2 is 1.85 bits per heavy atom. The van der Waals surface area contributed by atoms with E-state index in [4.69, 9.17) is 0 Å². The summed E-state index contributed by atoms with van der Waals surface area (Å²) < 4.78 is 41.4. The number of fused-ring (bicyclic) bond motifs is 1. The molecule has 0 aliphatic carbocycles. The maximum absolute atomic E-state index is 13.7. The van der Waals surface area contributed by atoms with Crippen molar-refractivity contribution in [1.82, 2.24) is 19.8 Å². The summed E-state index contributed by atoms with van der Waals surface area (Å²) in [6.07, 6.45) is 0. The third-order valence-electron chi connectivity index (χ3n) is 2.80. The van der Waals surface area contributed by atoms with Crippen molar-refractivity contribution in [2.45, 2.75) is 19.8 Å². The van der Waals surface area contributed by atoms with Gasteiger partial charge in [-0.3, -0.25) is 0 Å². The Hall–Kier alpha value is -1.96. The van der Waals surface area contributed by atoms with Gasteiger partial charge in [0.2, 0.25) is 4.96 Å². The molecule has 0 saturated carbocycles. The maximum Gasteiger partial charge on any atom is 0.234 e. The molecular weight excluding hydrogens is 289 g/mol. The Kier molecular flexibility index (Phi) is 2.97. The van der Waals surface area contributed by atoms with E-state index in [1.165, 1.54) is 4.52 Å². The number of rotatable bonds is 2. The first-order valence-electron chi connectivity index (χ1n) is 5.85. The third-order valence-corrected chi connectivity index (χ3v) is 3.73. The van der Waals surface area contributed by atoms with Crippen LogP contribution in [0.3, 0.4) is 0 Å². The van der Waals surface area contributed by atoms with Crippen LogP contribution in [-0.4, -0.2) is 19.8 Å². The van der Waals surface area contributed by atoms with Crippen LogP contribution in [0.2, 0.25) is 0 Å². The minimum Gasteiger partial charge on any atom is -0.204 e. The molecule has 20 heavy (non-hydrogen) atoms. The summed E-state index contributed by atoms with van der Waals surface area (Å²) in [4.78, 5) is 0.479. The standard InChI is InChI=1S/C12H9F3N4S/c1-5(2)10-16-17-12-19(10)18-11(20-12)6-3-4-7(13)9(15)8(6)14/h3-5H,1-2H3. The number of hydrogen-bond donors (Lipinski definition) is 0. The van der Waals surface area contributed by atoms with Gasteiger partial charge in [-0.05, 0) is 12.1 Å². The van der Waals surface area contributed by atoms with Gasteiger partial charge in [-0.1, -0.05) is 25.2 Å². The zero-order valence-electron chi connectivity index (χ0n) is 10.6. The second kappa shape index (κ2) is 4.55. The van der Waals surface area contributed by atoms with E-state index >= 15 is 0 Å². The first-order chi connectivity index (χ1) is 9.49. The van der Waals surface area contributed by atoms with Crippen molar-refractivity contribution >= 4 is 16.3 Å². The molecule has 0 aliphatic heterocycles. The van der Waals surface area contributed by atoms with Crippen LogP contribution >= 0.6 is 11.3 Å². The normalized spacial score (nSPS) is 11.7. The van der Waals surface area contributed by atoms with Gasteiger partial charge >= 0.3 is 0 Å². The van der Waals surface area contributed by atoms with E-state index in [0.29, 0.717) is 10.8 Å². The molecule has 0 fully saturated rings. The summed E-state index contributed by atoms with van der Waals surface area (Å²) in [6.45, 7) is 3.85. The lowest BCUT2D eigenvalue weighted by Gasteiger charge is -2.01. The van der Waals surface area contributed by atoms with Crippen LogP contribution in [0.15, 0.2) is 12.1 Å². The van der Waals surface area contributed by atoms with Gasteiger partial charge < -0.3 is 0 Å². The van der Waals surface area contributed by atoms with Gasteiger partial charge in [0.1, 0.15) is 0 Å². The van der Waals surface area contributed by atoms with E-state index in [1.54, 1.807) is 0 Å². The number of hydrogen-bond acceptors (Lipinski definition) is 4. The predicted molar refractivity (Wildman–Crippen MR) is 68.1 cm³/mol. The molecule has 4 nitrogen and oxygen atoms in total. The third kappa shape index (κ3) is 1.87. The van der Waals surface area contributed by atoms with E-state index < -0.39 is 17.5 Å². The highest BCUT2D eigenvalue weighted by Crippen LogP contribution is 2.30. The number of benzene rings is 1. The molecule has 0 spiro atoms. The molecule has 0 amide bonds. The van der Waals surface area contributed by atoms with E-state index in [1.807, 2.05) is 13.8 Å². The molecule has 0 unspecified atom stereocenters. The first-order valence-corrected chi connectivity index (χ1v) is 6.66. The molecule has 0 bridgehead atoms. The highest BCUT2D eigenvalue weighted by atomic mass is 32.1. The molecule has 0 aliphatic rings. The summed E-state index contributed by atoms with van der Waals surface area (Å²) in [6, 6.07) is 2.04. The fourth-order valence-electron chi connectivity index (χ4n) is 1.79. The zero-order valence-corrected chi connectivity index (χ0v) is 11.4. The van der Waals surface area contributed by atoms with Gasteiger partial charge in [0.15, 0.2) is 28.3 Å². The van der Waals surface area contributed by atoms with Crippen molar-refractivity contribution in [2.24, 2.45) is 0 Å². The lowest BCUT2D eigenvalue weighted by Crippen LogP contribution is -1.99.